The molecular formula is C13H14BrN3O. The monoisotopic (exact) mass is 307 g/mol. The molecule has 0 radical (unpaired) electrons. The highest BCUT2D eigenvalue weighted by Gasteiger charge is 2.13. The van der Waals surface area contributed by atoms with Gasteiger partial charge in [0.1, 0.15) is 0 Å². The SMILES string of the molecule is Cc1cc(CC(=O)c2cc(Br)ccc2N)n(C)n1. The predicted molar refractivity (Wildman–Crippen MR) is 74.5 cm³/mol. The van der Waals surface area contributed by atoms with Crippen molar-refractivity contribution in [3.8, 4) is 0 Å². The van der Waals surface area contributed by atoms with Crippen molar-refractivity contribution in [3.63, 3.8) is 0 Å². The van der Waals surface area contributed by atoms with Gasteiger partial charge in [-0.2, -0.15) is 5.10 Å². The maximum atomic E-state index is 12.2. The average Bonchev–Trinajstić information content (AvgIpc) is 2.61. The zero-order chi connectivity index (χ0) is 13.3. The fourth-order valence-corrected chi connectivity index (χ4v) is 2.22. The number of carbonyl (C=O) groups excluding carboxylic acids is 1. The van der Waals surface area contributed by atoms with Gasteiger partial charge in [-0.05, 0) is 31.2 Å². The fourth-order valence-electron chi connectivity index (χ4n) is 1.86. The van der Waals surface area contributed by atoms with Crippen LogP contribution in [0.1, 0.15) is 21.7 Å². The number of benzene rings is 1. The summed E-state index contributed by atoms with van der Waals surface area (Å²) in [5.74, 6) is -0.00296. The summed E-state index contributed by atoms with van der Waals surface area (Å²) in [5.41, 5.74) is 8.66. The summed E-state index contributed by atoms with van der Waals surface area (Å²) in [6.07, 6.45) is 0.304. The molecule has 0 bridgehead atoms. The molecule has 2 aromatic rings. The first-order valence-corrected chi connectivity index (χ1v) is 6.34. The zero-order valence-corrected chi connectivity index (χ0v) is 11.9. The molecule has 2 rings (SSSR count). The van der Waals surface area contributed by atoms with Crippen LogP contribution in [0.5, 0.6) is 0 Å². The highest BCUT2D eigenvalue weighted by atomic mass is 79.9. The van der Waals surface area contributed by atoms with E-state index in [0.717, 1.165) is 15.9 Å². The number of carbonyl (C=O) groups is 1. The molecule has 0 aliphatic carbocycles. The lowest BCUT2D eigenvalue weighted by Crippen LogP contribution is -2.10. The van der Waals surface area contributed by atoms with Gasteiger partial charge in [0.2, 0.25) is 0 Å². The summed E-state index contributed by atoms with van der Waals surface area (Å²) in [6.45, 7) is 1.90. The van der Waals surface area contributed by atoms with E-state index in [0.29, 0.717) is 17.7 Å². The van der Waals surface area contributed by atoms with Crippen molar-refractivity contribution in [1.29, 1.82) is 0 Å². The Morgan fingerprint density at radius 1 is 1.44 bits per heavy atom. The Morgan fingerprint density at radius 3 is 2.78 bits per heavy atom. The summed E-state index contributed by atoms with van der Waals surface area (Å²) >= 11 is 3.34. The molecule has 1 aromatic heterocycles. The van der Waals surface area contributed by atoms with E-state index in [1.165, 1.54) is 0 Å². The Labute approximate surface area is 114 Å². The molecule has 0 saturated heterocycles. The molecular weight excluding hydrogens is 294 g/mol. The number of aryl methyl sites for hydroxylation is 2. The van der Waals surface area contributed by atoms with Gasteiger partial charge in [-0.25, -0.2) is 0 Å². The smallest absolute Gasteiger partial charge is 0.170 e. The molecule has 0 aliphatic heterocycles. The lowest BCUT2D eigenvalue weighted by molar-refractivity contribution is 0.0991. The Hall–Kier alpha value is -1.62. The maximum Gasteiger partial charge on any atom is 0.170 e. The van der Waals surface area contributed by atoms with E-state index in [-0.39, 0.29) is 5.78 Å². The number of ketones is 1. The first-order chi connectivity index (χ1) is 8.47. The number of Topliss-reactive ketones (excluding diaryl/α,β-unsaturated/α-hetero) is 1. The second-order valence-electron chi connectivity index (χ2n) is 4.23. The van der Waals surface area contributed by atoms with Crippen LogP contribution in [0.2, 0.25) is 0 Å². The van der Waals surface area contributed by atoms with Gasteiger partial charge in [-0.3, -0.25) is 9.48 Å². The Bertz CT molecular complexity index is 604. The third-order valence-electron chi connectivity index (χ3n) is 2.76. The van der Waals surface area contributed by atoms with E-state index < -0.39 is 0 Å². The molecule has 0 amide bonds. The zero-order valence-electron chi connectivity index (χ0n) is 10.3. The van der Waals surface area contributed by atoms with Gasteiger partial charge < -0.3 is 5.73 Å². The minimum absolute atomic E-state index is 0.00296. The molecule has 0 aliphatic rings. The van der Waals surface area contributed by atoms with Gasteiger partial charge in [0, 0.05) is 28.5 Å². The van der Waals surface area contributed by atoms with Crippen molar-refractivity contribution < 1.29 is 4.79 Å². The molecule has 0 unspecified atom stereocenters. The van der Waals surface area contributed by atoms with Gasteiger partial charge in [-0.1, -0.05) is 15.9 Å². The van der Waals surface area contributed by atoms with Gasteiger partial charge in [-0.15, -0.1) is 0 Å². The minimum atomic E-state index is -0.00296. The van der Waals surface area contributed by atoms with Crippen molar-refractivity contribution in [2.75, 3.05) is 5.73 Å². The van der Waals surface area contributed by atoms with Crippen LogP contribution < -0.4 is 5.73 Å². The van der Waals surface area contributed by atoms with Gasteiger partial charge >= 0.3 is 0 Å². The molecule has 94 valence electrons. The summed E-state index contributed by atoms with van der Waals surface area (Å²) < 4.78 is 2.57. The molecule has 0 saturated carbocycles. The van der Waals surface area contributed by atoms with Crippen LogP contribution in [0.15, 0.2) is 28.7 Å². The molecule has 0 fully saturated rings. The quantitative estimate of drug-likeness (QED) is 0.700. The van der Waals surface area contributed by atoms with Crippen LogP contribution in [0.4, 0.5) is 5.69 Å². The number of rotatable bonds is 3. The molecule has 5 heteroatoms. The van der Waals surface area contributed by atoms with Gasteiger partial charge in [0.05, 0.1) is 12.1 Å². The Kier molecular flexibility index (Phi) is 3.52. The van der Waals surface area contributed by atoms with Crippen molar-refractivity contribution in [2.24, 2.45) is 7.05 Å². The van der Waals surface area contributed by atoms with E-state index in [4.69, 9.17) is 5.73 Å². The number of nitrogens with zero attached hydrogens (tertiary/aromatic N) is 2. The minimum Gasteiger partial charge on any atom is -0.398 e. The number of halogens is 1. The molecule has 1 heterocycles. The molecule has 4 nitrogen and oxygen atoms in total. The molecule has 0 atom stereocenters. The van der Waals surface area contributed by atoms with Crippen LogP contribution in [0.25, 0.3) is 0 Å². The standard InChI is InChI=1S/C13H14BrN3O/c1-8-5-10(17(2)16-8)7-13(18)11-6-9(14)3-4-12(11)15/h3-6H,7,15H2,1-2H3. The van der Waals surface area contributed by atoms with Gasteiger partial charge in [0.15, 0.2) is 5.78 Å². The van der Waals surface area contributed by atoms with Crippen LogP contribution in [0.3, 0.4) is 0 Å². The summed E-state index contributed by atoms with van der Waals surface area (Å²) in [4.78, 5) is 12.2. The van der Waals surface area contributed by atoms with E-state index in [9.17, 15) is 4.79 Å². The Morgan fingerprint density at radius 2 is 2.17 bits per heavy atom. The summed E-state index contributed by atoms with van der Waals surface area (Å²) in [6, 6.07) is 7.21. The van der Waals surface area contributed by atoms with E-state index in [2.05, 4.69) is 21.0 Å². The highest BCUT2D eigenvalue weighted by Crippen LogP contribution is 2.20. The molecule has 1 aromatic carbocycles. The first-order valence-electron chi connectivity index (χ1n) is 5.55. The molecule has 2 N–H and O–H groups in total. The number of anilines is 1. The largest absolute Gasteiger partial charge is 0.398 e. The van der Waals surface area contributed by atoms with Crippen molar-refractivity contribution >= 4 is 27.4 Å². The second-order valence-corrected chi connectivity index (χ2v) is 5.15. The molecule has 18 heavy (non-hydrogen) atoms. The number of hydrogen-bond acceptors (Lipinski definition) is 3. The van der Waals surface area contributed by atoms with Crippen LogP contribution >= 0.6 is 15.9 Å². The first kappa shape index (κ1) is 12.8. The van der Waals surface area contributed by atoms with Crippen molar-refractivity contribution in [3.05, 3.63) is 45.7 Å². The maximum absolute atomic E-state index is 12.2. The van der Waals surface area contributed by atoms with E-state index >= 15 is 0 Å². The predicted octanol–water partition coefficient (Wildman–Crippen LogP) is 2.50. The normalized spacial score (nSPS) is 10.6. The number of hydrogen-bond donors (Lipinski definition) is 1. The lowest BCUT2D eigenvalue weighted by Gasteiger charge is -2.05. The van der Waals surface area contributed by atoms with Crippen LogP contribution in [-0.2, 0) is 13.5 Å². The van der Waals surface area contributed by atoms with Crippen molar-refractivity contribution in [1.82, 2.24) is 9.78 Å². The summed E-state index contributed by atoms with van der Waals surface area (Å²) in [5, 5.41) is 4.22. The highest BCUT2D eigenvalue weighted by molar-refractivity contribution is 9.10. The third-order valence-corrected chi connectivity index (χ3v) is 3.25. The second kappa shape index (κ2) is 4.94. The van der Waals surface area contributed by atoms with Crippen LogP contribution in [0, 0.1) is 6.92 Å². The van der Waals surface area contributed by atoms with Crippen molar-refractivity contribution in [2.45, 2.75) is 13.3 Å². The summed E-state index contributed by atoms with van der Waals surface area (Å²) in [7, 11) is 1.83. The lowest BCUT2D eigenvalue weighted by atomic mass is 10.0. The number of nitrogen functional groups attached to an aromatic ring is 1. The van der Waals surface area contributed by atoms with E-state index in [1.807, 2.05) is 26.1 Å². The third kappa shape index (κ3) is 2.61. The number of nitrogens with two attached hydrogens (primary N) is 1. The van der Waals surface area contributed by atoms with Gasteiger partial charge in [0.25, 0.3) is 0 Å². The number of aromatic nitrogens is 2. The topological polar surface area (TPSA) is 60.9 Å². The van der Waals surface area contributed by atoms with Crippen LogP contribution in [-0.4, -0.2) is 15.6 Å². The fraction of sp³-hybridized carbons (Fsp3) is 0.231. The average molecular weight is 308 g/mol. The van der Waals surface area contributed by atoms with E-state index in [1.54, 1.807) is 16.8 Å². The Balaban J connectivity index is 2.27. The molecule has 0 spiro atoms.